The van der Waals surface area contributed by atoms with Crippen LogP contribution in [0.5, 0.6) is 0 Å². The molecule has 4 nitrogen and oxygen atoms in total. The van der Waals surface area contributed by atoms with Crippen LogP contribution in [0.3, 0.4) is 0 Å². The second-order valence-corrected chi connectivity index (χ2v) is 5.42. The Kier molecular flexibility index (Phi) is 5.54. The molecule has 1 amide bonds. The molecule has 0 aromatic heterocycles. The average Bonchev–Trinajstić information content (AvgIpc) is 2.54. The van der Waals surface area contributed by atoms with E-state index in [9.17, 15) is 4.79 Å². The Morgan fingerprint density at radius 1 is 1.27 bits per heavy atom. The number of anilines is 1. The van der Waals surface area contributed by atoms with Gasteiger partial charge < -0.3 is 10.6 Å². The molecule has 0 saturated carbocycles. The summed E-state index contributed by atoms with van der Waals surface area (Å²) in [7, 11) is 0. The van der Waals surface area contributed by atoms with Crippen LogP contribution in [0.1, 0.15) is 24.1 Å². The fourth-order valence-corrected chi connectivity index (χ4v) is 2.20. The third kappa shape index (κ3) is 4.32. The van der Waals surface area contributed by atoms with Crippen molar-refractivity contribution in [1.82, 2.24) is 0 Å². The first kappa shape index (κ1) is 16.0. The van der Waals surface area contributed by atoms with Crippen molar-refractivity contribution < 1.29 is 10.1 Å². The number of nitrogens with one attached hydrogen (secondary N) is 1. The number of rotatable bonds is 5. The Labute approximate surface area is 134 Å². The third-order valence-electron chi connectivity index (χ3n) is 3.37. The van der Waals surface area contributed by atoms with Crippen molar-refractivity contribution in [2.45, 2.75) is 13.0 Å². The van der Waals surface area contributed by atoms with E-state index in [0.29, 0.717) is 16.3 Å². The van der Waals surface area contributed by atoms with E-state index in [-0.39, 0.29) is 18.5 Å². The first-order valence-electron chi connectivity index (χ1n) is 6.98. The molecule has 2 aromatic rings. The zero-order chi connectivity index (χ0) is 15.9. The summed E-state index contributed by atoms with van der Waals surface area (Å²) in [6.45, 7) is 2.31. The van der Waals surface area contributed by atoms with Gasteiger partial charge in [0.2, 0.25) is 0 Å². The van der Waals surface area contributed by atoms with E-state index in [2.05, 4.69) is 11.4 Å². The molecule has 22 heavy (non-hydrogen) atoms. The molecule has 0 aliphatic heterocycles. The lowest BCUT2D eigenvalue weighted by molar-refractivity contribution is -0.682. The van der Waals surface area contributed by atoms with E-state index in [1.54, 1.807) is 24.3 Å². The second-order valence-electron chi connectivity index (χ2n) is 4.99. The van der Waals surface area contributed by atoms with Gasteiger partial charge in [-0.25, -0.2) is 0 Å². The Morgan fingerprint density at radius 2 is 1.95 bits per heavy atom. The number of quaternary nitrogens is 1. The summed E-state index contributed by atoms with van der Waals surface area (Å²) >= 11 is 5.86. The van der Waals surface area contributed by atoms with Gasteiger partial charge in [-0.1, -0.05) is 35.9 Å². The number of carbonyl (C=O) groups excluding carboxylic acids is 1. The quantitative estimate of drug-likeness (QED) is 0.890. The maximum Gasteiger partial charge on any atom is 0.279 e. The lowest BCUT2D eigenvalue weighted by Gasteiger charge is -2.11. The second kappa shape index (κ2) is 7.60. The van der Waals surface area contributed by atoms with Gasteiger partial charge in [0, 0.05) is 10.6 Å². The van der Waals surface area contributed by atoms with Crippen molar-refractivity contribution >= 4 is 23.2 Å². The lowest BCUT2D eigenvalue weighted by Crippen LogP contribution is -2.86. The highest BCUT2D eigenvalue weighted by Crippen LogP contribution is 2.14. The maximum absolute atomic E-state index is 12.0. The molecule has 0 unspecified atom stereocenters. The Morgan fingerprint density at radius 3 is 2.64 bits per heavy atom. The van der Waals surface area contributed by atoms with Gasteiger partial charge in [-0.15, -0.1) is 0 Å². The minimum atomic E-state index is -0.136. The Bertz CT molecular complexity index is 692. The highest BCUT2D eigenvalue weighted by molar-refractivity contribution is 6.30. The van der Waals surface area contributed by atoms with Gasteiger partial charge in [0.05, 0.1) is 11.3 Å². The Hall–Kier alpha value is -2.35. The molecule has 1 atom stereocenters. The Balaban J connectivity index is 1.90. The maximum atomic E-state index is 12.0. The van der Waals surface area contributed by atoms with Gasteiger partial charge in [-0.05, 0) is 31.2 Å². The molecule has 3 N–H and O–H groups in total. The molecule has 0 fully saturated rings. The van der Waals surface area contributed by atoms with Crippen LogP contribution in [0.25, 0.3) is 0 Å². The van der Waals surface area contributed by atoms with Gasteiger partial charge in [-0.3, -0.25) is 4.79 Å². The fourth-order valence-electron chi connectivity index (χ4n) is 2.08. The first-order chi connectivity index (χ1) is 10.6. The number of nitrogens with zero attached hydrogens (tertiary/aromatic N) is 1. The minimum absolute atomic E-state index is 0.136. The van der Waals surface area contributed by atoms with Crippen LogP contribution in [-0.2, 0) is 4.79 Å². The lowest BCUT2D eigenvalue weighted by atomic mass is 10.1. The highest BCUT2D eigenvalue weighted by atomic mass is 35.5. The largest absolute Gasteiger partial charge is 0.333 e. The smallest absolute Gasteiger partial charge is 0.279 e. The van der Waals surface area contributed by atoms with Gasteiger partial charge in [0.1, 0.15) is 12.1 Å². The molecule has 2 rings (SSSR count). The number of nitriles is 1. The molecular weight excluding hydrogens is 298 g/mol. The summed E-state index contributed by atoms with van der Waals surface area (Å²) in [5.74, 6) is -0.136. The van der Waals surface area contributed by atoms with Crippen molar-refractivity contribution in [1.29, 1.82) is 5.26 Å². The molecule has 0 saturated heterocycles. The van der Waals surface area contributed by atoms with Crippen LogP contribution in [-0.4, -0.2) is 12.5 Å². The van der Waals surface area contributed by atoms with Crippen molar-refractivity contribution in [3.8, 4) is 6.07 Å². The molecule has 0 heterocycles. The number of nitrogens with two attached hydrogens (primary N) is 1. The molecule has 0 bridgehead atoms. The number of amides is 1. The first-order valence-corrected chi connectivity index (χ1v) is 7.35. The predicted molar refractivity (Wildman–Crippen MR) is 86.4 cm³/mol. The molecule has 0 aliphatic rings. The minimum Gasteiger partial charge on any atom is -0.333 e. The van der Waals surface area contributed by atoms with Crippen molar-refractivity contribution in [2.75, 3.05) is 11.9 Å². The highest BCUT2D eigenvalue weighted by Gasteiger charge is 2.12. The van der Waals surface area contributed by atoms with E-state index >= 15 is 0 Å². The van der Waals surface area contributed by atoms with Crippen LogP contribution < -0.4 is 10.6 Å². The summed E-state index contributed by atoms with van der Waals surface area (Å²) in [6.07, 6.45) is 0. The number of hydrogen-bond donors (Lipinski definition) is 2. The van der Waals surface area contributed by atoms with Crippen LogP contribution in [0.2, 0.25) is 5.02 Å². The molecule has 0 radical (unpaired) electrons. The van der Waals surface area contributed by atoms with Crippen molar-refractivity contribution in [2.24, 2.45) is 0 Å². The number of benzene rings is 2. The number of carbonyl (C=O) groups is 1. The van der Waals surface area contributed by atoms with Crippen LogP contribution in [0, 0.1) is 11.3 Å². The predicted octanol–water partition coefficient (Wildman–Crippen LogP) is 2.47. The van der Waals surface area contributed by atoms with Crippen molar-refractivity contribution in [3.05, 3.63) is 64.7 Å². The summed E-state index contributed by atoms with van der Waals surface area (Å²) in [5, 5.41) is 14.4. The van der Waals surface area contributed by atoms with E-state index < -0.39 is 0 Å². The van der Waals surface area contributed by atoms with E-state index in [1.807, 2.05) is 36.5 Å². The normalized spacial score (nSPS) is 11.5. The van der Waals surface area contributed by atoms with Gasteiger partial charge in [-0.2, -0.15) is 5.26 Å². The number of halogens is 1. The SMILES string of the molecule is C[C@@H]([NH2+]CC(=O)Nc1ccccc1C#N)c1ccc(Cl)cc1. The van der Waals surface area contributed by atoms with Gasteiger partial charge >= 0.3 is 0 Å². The average molecular weight is 315 g/mol. The topological polar surface area (TPSA) is 69.5 Å². The zero-order valence-electron chi connectivity index (χ0n) is 12.2. The van der Waals surface area contributed by atoms with Crippen LogP contribution in [0.15, 0.2) is 48.5 Å². The molecule has 0 spiro atoms. The fraction of sp³-hybridized carbons (Fsp3) is 0.176. The standard InChI is InChI=1S/C17H16ClN3O/c1-12(13-6-8-15(18)9-7-13)20-11-17(22)21-16-5-3-2-4-14(16)10-19/h2-9,12,20H,11H2,1H3,(H,21,22)/p+1/t12-/m1/s1. The monoisotopic (exact) mass is 314 g/mol. The number of hydrogen-bond acceptors (Lipinski definition) is 2. The van der Waals surface area contributed by atoms with Gasteiger partial charge in [0.25, 0.3) is 5.91 Å². The molecule has 2 aromatic carbocycles. The zero-order valence-corrected chi connectivity index (χ0v) is 13.0. The van der Waals surface area contributed by atoms with Crippen molar-refractivity contribution in [3.63, 3.8) is 0 Å². The third-order valence-corrected chi connectivity index (χ3v) is 3.63. The van der Waals surface area contributed by atoms with Crippen LogP contribution >= 0.6 is 11.6 Å². The molecule has 5 heteroatoms. The summed E-state index contributed by atoms with van der Waals surface area (Å²) < 4.78 is 0. The van der Waals surface area contributed by atoms with Crippen LogP contribution in [0.4, 0.5) is 5.69 Å². The molecular formula is C17H17ClN3O+. The van der Waals surface area contributed by atoms with E-state index in [0.717, 1.165) is 5.56 Å². The summed E-state index contributed by atoms with van der Waals surface area (Å²) in [4.78, 5) is 12.0. The van der Waals surface area contributed by atoms with Gasteiger partial charge in [0.15, 0.2) is 6.54 Å². The summed E-state index contributed by atoms with van der Waals surface area (Å²) in [5.41, 5.74) is 2.11. The summed E-state index contributed by atoms with van der Waals surface area (Å²) in [6, 6.07) is 16.7. The molecule has 112 valence electrons. The van der Waals surface area contributed by atoms with E-state index in [1.165, 1.54) is 0 Å². The number of para-hydroxylation sites is 1. The molecule has 0 aliphatic carbocycles. The van der Waals surface area contributed by atoms with E-state index in [4.69, 9.17) is 16.9 Å².